The van der Waals surface area contributed by atoms with Crippen molar-refractivity contribution in [3.05, 3.63) is 35.5 Å². The van der Waals surface area contributed by atoms with Gasteiger partial charge in [0.15, 0.2) is 0 Å². The lowest BCUT2D eigenvalue weighted by Crippen LogP contribution is -1.77. The van der Waals surface area contributed by atoms with Gasteiger partial charge in [0, 0.05) is 6.20 Å². The molecule has 0 atom stereocenters. The number of hydrogen-bond donors (Lipinski definition) is 1. The van der Waals surface area contributed by atoms with Crippen LogP contribution in [0.5, 0.6) is 0 Å². The molecule has 0 spiro atoms. The van der Waals surface area contributed by atoms with Gasteiger partial charge in [0.05, 0.1) is 22.1 Å². The molecule has 0 aromatic carbocycles. The third-order valence-corrected chi connectivity index (χ3v) is 3.38. The van der Waals surface area contributed by atoms with Crippen LogP contribution in [0.2, 0.25) is 0 Å². The Kier molecular flexibility index (Phi) is 4.51. The van der Waals surface area contributed by atoms with E-state index in [9.17, 15) is 0 Å². The second-order valence-electron chi connectivity index (χ2n) is 3.41. The molecule has 1 N–H and O–H groups in total. The van der Waals surface area contributed by atoms with Crippen molar-refractivity contribution >= 4 is 47.2 Å². The number of fused-ring (bicyclic) bond motifs is 1. The van der Waals surface area contributed by atoms with Gasteiger partial charge in [0.2, 0.25) is 0 Å². The third-order valence-electron chi connectivity index (χ3n) is 2.36. The second kappa shape index (κ2) is 5.49. The molecule has 6 heteroatoms. The molecule has 0 unspecified atom stereocenters. The molecule has 3 aromatic rings. The van der Waals surface area contributed by atoms with Crippen molar-refractivity contribution in [2.24, 2.45) is 0 Å². The summed E-state index contributed by atoms with van der Waals surface area (Å²) < 4.78 is 0. The highest BCUT2D eigenvalue weighted by atomic mass is 35.5. The Balaban J connectivity index is 0.000000722. The van der Waals surface area contributed by atoms with E-state index in [1.807, 2.05) is 6.07 Å². The third kappa shape index (κ3) is 2.44. The molecular formula is C11H11Cl2N3S. The maximum Gasteiger partial charge on any atom is 0.148 e. The van der Waals surface area contributed by atoms with Gasteiger partial charge < -0.3 is 4.98 Å². The first kappa shape index (κ1) is 14.0. The summed E-state index contributed by atoms with van der Waals surface area (Å²) in [5.74, 6) is 0.936. The number of aromatic nitrogens is 3. The molecule has 0 radical (unpaired) electrons. The number of thiophene rings is 1. The number of pyridine rings is 1. The molecule has 17 heavy (non-hydrogen) atoms. The molecule has 0 amide bonds. The fourth-order valence-electron chi connectivity index (χ4n) is 1.58. The Morgan fingerprint density at radius 3 is 2.71 bits per heavy atom. The summed E-state index contributed by atoms with van der Waals surface area (Å²) in [7, 11) is 0. The zero-order chi connectivity index (χ0) is 10.3. The summed E-state index contributed by atoms with van der Waals surface area (Å²) in [6.07, 6.45) is 3.56. The molecule has 0 saturated heterocycles. The van der Waals surface area contributed by atoms with Gasteiger partial charge in [-0.05, 0) is 30.0 Å². The first-order chi connectivity index (χ1) is 7.34. The minimum Gasteiger partial charge on any atom is -0.336 e. The van der Waals surface area contributed by atoms with Gasteiger partial charge >= 0.3 is 0 Å². The van der Waals surface area contributed by atoms with E-state index in [1.165, 1.54) is 10.4 Å². The monoisotopic (exact) mass is 287 g/mol. The molecule has 3 nitrogen and oxygen atoms in total. The Hall–Kier alpha value is -1.10. The van der Waals surface area contributed by atoms with Crippen molar-refractivity contribution in [3.8, 4) is 10.7 Å². The number of aryl methyl sites for hydroxylation is 1. The summed E-state index contributed by atoms with van der Waals surface area (Å²) in [5.41, 5.74) is 3.21. The van der Waals surface area contributed by atoms with Crippen LogP contribution in [0.4, 0.5) is 0 Å². The SMILES string of the molecule is Cc1ccsc1-c1nc2ccncc2[nH]1.Cl.Cl. The van der Waals surface area contributed by atoms with Crippen LogP contribution in [0, 0.1) is 6.92 Å². The van der Waals surface area contributed by atoms with Crippen molar-refractivity contribution < 1.29 is 0 Å². The van der Waals surface area contributed by atoms with Gasteiger partial charge in [-0.25, -0.2) is 4.98 Å². The largest absolute Gasteiger partial charge is 0.336 e. The number of nitrogens with one attached hydrogen (secondary N) is 1. The number of halogens is 2. The molecule has 0 aliphatic rings. The highest BCUT2D eigenvalue weighted by Gasteiger charge is 2.08. The van der Waals surface area contributed by atoms with Gasteiger partial charge in [0.1, 0.15) is 5.82 Å². The van der Waals surface area contributed by atoms with Crippen LogP contribution in [-0.4, -0.2) is 15.0 Å². The van der Waals surface area contributed by atoms with E-state index in [0.717, 1.165) is 16.9 Å². The Bertz CT molecular complexity index is 585. The number of aromatic amines is 1. The lowest BCUT2D eigenvalue weighted by Gasteiger charge is -1.91. The zero-order valence-corrected chi connectivity index (χ0v) is 11.5. The standard InChI is InChI=1S/C11H9N3S.2ClH/c1-7-3-5-15-10(7)11-13-8-2-4-12-6-9(8)14-11;;/h2-6H,1H3,(H,13,14);2*1H. The zero-order valence-electron chi connectivity index (χ0n) is 9.01. The van der Waals surface area contributed by atoms with Gasteiger partial charge in [0.25, 0.3) is 0 Å². The molecule has 0 fully saturated rings. The Labute approximate surface area is 115 Å². The fourth-order valence-corrected chi connectivity index (χ4v) is 2.45. The van der Waals surface area contributed by atoms with E-state index < -0.39 is 0 Å². The molecule has 0 aliphatic heterocycles. The van der Waals surface area contributed by atoms with E-state index in [2.05, 4.69) is 33.3 Å². The van der Waals surface area contributed by atoms with Crippen molar-refractivity contribution in [2.75, 3.05) is 0 Å². The van der Waals surface area contributed by atoms with Gasteiger partial charge in [-0.15, -0.1) is 36.2 Å². The van der Waals surface area contributed by atoms with Crippen molar-refractivity contribution in [2.45, 2.75) is 6.92 Å². The van der Waals surface area contributed by atoms with Gasteiger partial charge in [-0.3, -0.25) is 4.98 Å². The van der Waals surface area contributed by atoms with E-state index in [0.29, 0.717) is 0 Å². The number of rotatable bonds is 1. The number of nitrogens with zero attached hydrogens (tertiary/aromatic N) is 2. The summed E-state index contributed by atoms with van der Waals surface area (Å²) >= 11 is 1.70. The van der Waals surface area contributed by atoms with Crippen LogP contribution in [-0.2, 0) is 0 Å². The first-order valence-corrected chi connectivity index (χ1v) is 5.57. The van der Waals surface area contributed by atoms with Crippen molar-refractivity contribution in [1.82, 2.24) is 15.0 Å². The second-order valence-corrected chi connectivity index (χ2v) is 4.33. The maximum absolute atomic E-state index is 4.53. The summed E-state index contributed by atoms with van der Waals surface area (Å²) in [6.45, 7) is 2.09. The van der Waals surface area contributed by atoms with Crippen LogP contribution in [0.1, 0.15) is 5.56 Å². The Morgan fingerprint density at radius 1 is 1.24 bits per heavy atom. The molecule has 0 aliphatic carbocycles. The summed E-state index contributed by atoms with van der Waals surface area (Å²) in [5, 5.41) is 2.08. The predicted molar refractivity (Wildman–Crippen MR) is 76.4 cm³/mol. The Morgan fingerprint density at radius 2 is 2.06 bits per heavy atom. The van der Waals surface area contributed by atoms with Crippen LogP contribution in [0.15, 0.2) is 29.9 Å². The average Bonchev–Trinajstić information content (AvgIpc) is 2.82. The van der Waals surface area contributed by atoms with E-state index >= 15 is 0 Å². The number of imidazole rings is 1. The minimum atomic E-state index is 0. The minimum absolute atomic E-state index is 0. The average molecular weight is 288 g/mol. The number of H-pyrrole nitrogens is 1. The quantitative estimate of drug-likeness (QED) is 0.739. The highest BCUT2D eigenvalue weighted by Crippen LogP contribution is 2.27. The smallest absolute Gasteiger partial charge is 0.148 e. The first-order valence-electron chi connectivity index (χ1n) is 4.69. The molecule has 3 rings (SSSR count). The van der Waals surface area contributed by atoms with Crippen molar-refractivity contribution in [1.29, 1.82) is 0 Å². The van der Waals surface area contributed by atoms with Crippen LogP contribution >= 0.6 is 36.2 Å². The van der Waals surface area contributed by atoms with E-state index in [4.69, 9.17) is 0 Å². The van der Waals surface area contributed by atoms with Gasteiger partial charge in [-0.1, -0.05) is 0 Å². The van der Waals surface area contributed by atoms with Crippen molar-refractivity contribution in [3.63, 3.8) is 0 Å². The topological polar surface area (TPSA) is 41.6 Å². The van der Waals surface area contributed by atoms with E-state index in [1.54, 1.807) is 23.7 Å². The normalized spacial score (nSPS) is 9.71. The molecular weight excluding hydrogens is 277 g/mol. The lowest BCUT2D eigenvalue weighted by molar-refractivity contribution is 1.33. The molecule has 0 bridgehead atoms. The van der Waals surface area contributed by atoms with Crippen LogP contribution in [0.3, 0.4) is 0 Å². The molecule has 3 heterocycles. The molecule has 90 valence electrons. The predicted octanol–water partition coefficient (Wildman–Crippen LogP) is 3.84. The molecule has 3 aromatic heterocycles. The van der Waals surface area contributed by atoms with Crippen LogP contribution in [0.25, 0.3) is 21.7 Å². The number of hydrogen-bond acceptors (Lipinski definition) is 3. The van der Waals surface area contributed by atoms with Gasteiger partial charge in [-0.2, -0.15) is 0 Å². The summed E-state index contributed by atoms with van der Waals surface area (Å²) in [4.78, 5) is 13.1. The van der Waals surface area contributed by atoms with E-state index in [-0.39, 0.29) is 24.8 Å². The van der Waals surface area contributed by atoms with Crippen LogP contribution < -0.4 is 0 Å². The maximum atomic E-state index is 4.53. The molecule has 0 saturated carbocycles. The summed E-state index contributed by atoms with van der Waals surface area (Å²) in [6, 6.07) is 4.02. The fraction of sp³-hybridized carbons (Fsp3) is 0.0909. The lowest BCUT2D eigenvalue weighted by atomic mass is 10.3. The highest BCUT2D eigenvalue weighted by molar-refractivity contribution is 7.13.